The van der Waals surface area contributed by atoms with E-state index in [1.807, 2.05) is 162 Å². The molecule has 0 radical (unpaired) electrons. The van der Waals surface area contributed by atoms with Crippen molar-refractivity contribution in [3.8, 4) is 23.0 Å². The molecular formula is C76H91ClI7N12O12P2-. The van der Waals surface area contributed by atoms with Crippen LogP contribution in [0.5, 0.6) is 23.0 Å². The number of ether oxygens (including phenoxy) is 6. The zero-order chi connectivity index (χ0) is 79.9. The topological polar surface area (TPSA) is 246 Å². The summed E-state index contributed by atoms with van der Waals surface area (Å²) in [5.74, 6) is 3.85. The molecule has 0 fully saturated rings. The van der Waals surface area contributed by atoms with Gasteiger partial charge in [-0.05, 0) is 149 Å². The van der Waals surface area contributed by atoms with Gasteiger partial charge < -0.3 is 75.9 Å². The molecule has 0 saturated carbocycles. The number of aliphatic hydroxyl groups is 1. The second kappa shape index (κ2) is 48.0. The fourth-order valence-corrected chi connectivity index (χ4v) is 225. The van der Waals surface area contributed by atoms with Crippen molar-refractivity contribution in [3.05, 3.63) is 259 Å². The van der Waals surface area contributed by atoms with Gasteiger partial charge in [-0.2, -0.15) is 0 Å². The smallest absolute Gasteiger partial charge is 0.278 e. The fourth-order valence-electron chi connectivity index (χ4n) is 12.0. The first-order valence-corrected chi connectivity index (χ1v) is 75.5. The molecule has 0 aliphatic carbocycles. The third-order valence-corrected chi connectivity index (χ3v) is 269. The standard InChI is InChI=1S/C38H45N6O6P.C29H28N4O5.C9H18ClN2OP.I7/c1-27(2)44(28(3)4)51(49-23-21-39-5)50-24-22-43-34(42-35-36(43)40-26-41-37(35)45)25-48-38(29-11-9-8-10-12-29,30-13-17-32(46-6)18-14-30)31-15-19-33(47-7)20-16-31;1-36-23-12-8-21(9-13-23)29(20-6-4-3-5-7-20,22-10-14-24(37-2)15-11-22)38-18-25-32-26-27(33(25)16-17-34)30-19-31-28(26)35;1-8(2)12(9(3)4)14(10)13-7-6-11-5;1-5-7(4)6(2)3/h8-20,26-28H,21-25H2,1-4,6-7H3,(H,40,41,45);3-15,19,34H,16-18H2,1-2H3,(H,30,31,35);8-9H,6-7H2,1-4H3;/q;;;-1. The van der Waals surface area contributed by atoms with E-state index in [4.69, 9.17) is 71.4 Å². The van der Waals surface area contributed by atoms with Gasteiger partial charge in [-0.15, -0.1) is 0 Å². The number of nitrogens with zero attached hydrogens (tertiary/aromatic N) is 10. The van der Waals surface area contributed by atoms with E-state index >= 15 is 0 Å². The van der Waals surface area contributed by atoms with E-state index in [0.717, 1.165) is 44.9 Å². The minimum atomic E-state index is -1.47. The zero-order valence-corrected chi connectivity index (χ0v) is 80.5. The number of imidazole rings is 2. The number of aliphatic hydroxyl groups excluding tert-OH is 1. The molecule has 4 heterocycles. The largest absolute Gasteiger partial charge is 0.497 e. The average molecular weight is 2350 g/mol. The normalized spacial score (nSPS) is 12.4. The van der Waals surface area contributed by atoms with E-state index in [1.165, 1.54) is 12.7 Å². The van der Waals surface area contributed by atoms with E-state index in [0.29, 0.717) is 79.5 Å². The van der Waals surface area contributed by atoms with Crippen molar-refractivity contribution in [1.29, 1.82) is 0 Å². The second-order valence-corrected chi connectivity index (χ2v) is 142. The van der Waals surface area contributed by atoms with Gasteiger partial charge >= 0.3 is 104 Å². The summed E-state index contributed by atoms with van der Waals surface area (Å²) in [6.45, 7) is 32.6. The summed E-state index contributed by atoms with van der Waals surface area (Å²) < 4.78 is 61.6. The van der Waals surface area contributed by atoms with Gasteiger partial charge in [-0.3, -0.25) is 9.59 Å². The third kappa shape index (κ3) is 25.3. The maximum atomic E-state index is 13.0. The number of halogens is 8. The minimum Gasteiger partial charge on any atom is -0.497 e. The molecule has 24 nitrogen and oxygen atoms in total. The van der Waals surface area contributed by atoms with Crippen LogP contribution in [-0.4, -0.2) is 146 Å². The summed E-state index contributed by atoms with van der Waals surface area (Å²) in [4.78, 5) is 55.4. The SMILES string of the molecule is COc1ccc(C(OCc2nc3c(=O)[nH]cnc3n2CCO)(c2ccccc2)c2ccc(OC)cc2)cc1.I[I-]I(I)I(I)I.[C-]#[N+]CCOP(Cl)N(C(C)C)C(C)C.[C-]#[N+]CCOP(OCCn1c(COC(c2ccccc2)(c2ccc(OC)cc2)c2ccc(OC)cc2)nc2c(=O)[nH]cnc21)N(C(C)C)C(C)C. The van der Waals surface area contributed by atoms with Crippen molar-refractivity contribution in [2.24, 2.45) is 0 Å². The summed E-state index contributed by atoms with van der Waals surface area (Å²) in [6, 6.07) is 52.0. The van der Waals surface area contributed by atoms with Gasteiger partial charge in [0.15, 0.2) is 22.3 Å². The van der Waals surface area contributed by atoms with Crippen molar-refractivity contribution < 1.29 is 60.4 Å². The Morgan fingerprint density at radius 2 is 0.864 bits per heavy atom. The fraction of sp³-hybridized carbons (Fsp3) is 0.368. The van der Waals surface area contributed by atoms with Crippen LogP contribution >= 0.6 is 118 Å². The van der Waals surface area contributed by atoms with E-state index in [-0.39, 0.29) is 96.1 Å². The van der Waals surface area contributed by atoms with Gasteiger partial charge in [0.25, 0.3) is 19.6 Å². The Morgan fingerprint density at radius 3 is 1.17 bits per heavy atom. The molecule has 0 aliphatic rings. The first-order valence-electron chi connectivity index (χ1n) is 34.5. The van der Waals surface area contributed by atoms with Crippen LogP contribution in [0, 0.1) is 13.1 Å². The number of aromatic amines is 2. The molecule has 594 valence electrons. The number of rotatable bonds is 36. The number of hydrogen-bond donors (Lipinski definition) is 3. The van der Waals surface area contributed by atoms with Crippen molar-refractivity contribution >= 4 is 140 Å². The zero-order valence-electron chi connectivity index (χ0n) is 62.9. The molecule has 0 saturated heterocycles. The quantitative estimate of drug-likeness (QED) is 0.0109. The Labute approximate surface area is 706 Å². The third-order valence-electron chi connectivity index (χ3n) is 16.7. The summed E-state index contributed by atoms with van der Waals surface area (Å²) in [6.07, 6.45) is 2.70. The van der Waals surface area contributed by atoms with Gasteiger partial charge in [-0.25, -0.2) is 42.4 Å². The summed E-state index contributed by atoms with van der Waals surface area (Å²) in [7, 11) is 3.49. The second-order valence-electron chi connectivity index (χ2n) is 24.7. The van der Waals surface area contributed by atoms with Crippen LogP contribution in [0.3, 0.4) is 0 Å². The van der Waals surface area contributed by atoms with Crippen LogP contribution in [0.15, 0.2) is 180 Å². The summed E-state index contributed by atoms with van der Waals surface area (Å²) in [5, 5.41) is 9.73. The Kier molecular flexibility index (Phi) is 40.7. The van der Waals surface area contributed by atoms with E-state index in [2.05, 4.69) is 174 Å². The molecule has 2 atom stereocenters. The van der Waals surface area contributed by atoms with Gasteiger partial charge in [0.2, 0.25) is 20.7 Å². The van der Waals surface area contributed by atoms with Crippen molar-refractivity contribution in [2.75, 3.05) is 68.0 Å². The van der Waals surface area contributed by atoms with Crippen LogP contribution < -0.4 is 43.3 Å². The molecular weight excluding hydrogens is 2260 g/mol. The van der Waals surface area contributed by atoms with Crippen LogP contribution in [0.1, 0.15) is 100 Å². The van der Waals surface area contributed by atoms with Crippen LogP contribution in [-0.2, 0) is 60.6 Å². The summed E-state index contributed by atoms with van der Waals surface area (Å²) >= 11 is 17.6. The molecule has 0 amide bonds. The Morgan fingerprint density at radius 1 is 0.527 bits per heavy atom. The molecule has 110 heavy (non-hydrogen) atoms. The predicted octanol–water partition coefficient (Wildman–Crippen LogP) is 16.4. The number of benzene rings is 6. The minimum absolute atomic E-state index is 0.0170. The van der Waals surface area contributed by atoms with E-state index in [1.54, 1.807) is 33.0 Å². The molecule has 0 bridgehead atoms. The average Bonchev–Trinajstić information content (AvgIpc) is 0.864. The molecule has 10 aromatic rings. The van der Waals surface area contributed by atoms with Gasteiger partial charge in [0.05, 0.1) is 54.3 Å². The molecule has 6 aromatic carbocycles. The molecule has 34 heteroatoms. The maximum Gasteiger partial charge on any atom is 0.278 e. The number of fused-ring (bicyclic) bond motifs is 2. The number of methoxy groups -OCH3 is 4. The van der Waals surface area contributed by atoms with Gasteiger partial charge in [0, 0.05) is 37.3 Å². The van der Waals surface area contributed by atoms with Crippen molar-refractivity contribution in [1.82, 2.24) is 48.4 Å². The summed E-state index contributed by atoms with van der Waals surface area (Å²) in [5.41, 5.74) is 3.62. The first-order chi connectivity index (χ1) is 53.0. The first kappa shape index (κ1) is 93.3. The number of aromatic nitrogens is 8. The molecule has 0 spiro atoms. The van der Waals surface area contributed by atoms with E-state index < -0.39 is 27.4 Å². The molecule has 2 unspecified atom stereocenters. The van der Waals surface area contributed by atoms with Crippen LogP contribution in [0.25, 0.3) is 32.0 Å². The Balaban J connectivity index is 0.000000248. The maximum absolute atomic E-state index is 13.0. The van der Waals surface area contributed by atoms with E-state index in [9.17, 15) is 14.7 Å². The molecule has 3 N–H and O–H groups in total. The monoisotopic (exact) mass is 2350 g/mol. The van der Waals surface area contributed by atoms with Crippen molar-refractivity contribution in [3.63, 3.8) is 0 Å². The van der Waals surface area contributed by atoms with Gasteiger partial charge in [0.1, 0.15) is 72.3 Å². The Bertz CT molecular complexity index is 4500. The molecule has 4 aromatic heterocycles. The van der Waals surface area contributed by atoms with Crippen LogP contribution in [0.2, 0.25) is 0 Å². The van der Waals surface area contributed by atoms with Gasteiger partial charge in [-0.1, -0.05) is 109 Å². The molecule has 10 rings (SSSR count). The number of H-pyrrole nitrogens is 2. The predicted molar refractivity (Wildman–Crippen MR) is 486 cm³/mol. The Hall–Kier alpha value is -3.86. The van der Waals surface area contributed by atoms with Crippen LogP contribution in [0.4, 0.5) is 0 Å². The van der Waals surface area contributed by atoms with Crippen molar-refractivity contribution in [2.45, 2.75) is 117 Å². The number of nitrogens with one attached hydrogen (secondary N) is 2. The molecule has 0 aliphatic heterocycles. The number of hydrogen-bond acceptors (Lipinski definition) is 18.